The predicted molar refractivity (Wildman–Crippen MR) is 143 cm³/mol. The normalized spacial score (nSPS) is 18.8. The van der Waals surface area contributed by atoms with Crippen molar-refractivity contribution in [2.24, 2.45) is 16.1 Å². The summed E-state index contributed by atoms with van der Waals surface area (Å²) in [5, 5.41) is 6.41. The van der Waals surface area contributed by atoms with E-state index in [0.29, 0.717) is 37.5 Å². The van der Waals surface area contributed by atoms with E-state index < -0.39 is 0 Å². The summed E-state index contributed by atoms with van der Waals surface area (Å²) in [6.07, 6.45) is 5.11. The Labute approximate surface area is 216 Å². The van der Waals surface area contributed by atoms with E-state index in [-0.39, 0.29) is 23.4 Å². The molecule has 3 aliphatic heterocycles. The van der Waals surface area contributed by atoms with Gasteiger partial charge in [-0.25, -0.2) is 9.78 Å². The number of hydrogen-bond acceptors (Lipinski definition) is 6. The Morgan fingerprint density at radius 1 is 1.19 bits per heavy atom. The van der Waals surface area contributed by atoms with Gasteiger partial charge in [0.2, 0.25) is 0 Å². The monoisotopic (exact) mass is 503 g/mol. The lowest BCUT2D eigenvalue weighted by Crippen LogP contribution is -2.55. The number of carbonyl (C=O) groups excluding carboxylic acids is 2. The highest BCUT2D eigenvalue weighted by atomic mass is 16.6. The molecule has 2 aromatic rings. The fraction of sp³-hybridized carbons (Fsp3) is 0.407. The van der Waals surface area contributed by atoms with Gasteiger partial charge in [0.15, 0.2) is 11.8 Å². The van der Waals surface area contributed by atoms with E-state index in [2.05, 4.69) is 20.6 Å². The molecule has 0 radical (unpaired) electrons. The maximum atomic E-state index is 12.9. The zero-order chi connectivity index (χ0) is 25.8. The standard InChI is InChI=1S/C27H33N7O3/c1-2-37-26(36)33-13-9-19(10-14-33)22-4-3-12-30-23(22)32-25(28)31-21-7-5-20(6-8-21)24(35)34-15-11-27(18-34)16-29-17-27/h3-9,12,29H,2,10-11,13-18H2,1H3,(H3,28,30,31,32). The van der Waals surface area contributed by atoms with Crippen molar-refractivity contribution in [2.45, 2.75) is 19.8 Å². The molecule has 0 saturated carbocycles. The van der Waals surface area contributed by atoms with E-state index in [9.17, 15) is 9.59 Å². The third kappa shape index (κ3) is 5.43. The highest BCUT2D eigenvalue weighted by molar-refractivity contribution is 5.97. The lowest BCUT2D eigenvalue weighted by Gasteiger charge is -2.39. The fourth-order valence-corrected chi connectivity index (χ4v) is 5.08. The summed E-state index contributed by atoms with van der Waals surface area (Å²) in [4.78, 5) is 37.5. The van der Waals surface area contributed by atoms with Crippen molar-refractivity contribution >= 4 is 35.0 Å². The van der Waals surface area contributed by atoms with E-state index in [1.807, 2.05) is 47.4 Å². The van der Waals surface area contributed by atoms with Crippen molar-refractivity contribution in [3.8, 4) is 0 Å². The second kappa shape index (κ2) is 10.6. The van der Waals surface area contributed by atoms with E-state index in [1.165, 1.54) is 0 Å². The number of aromatic nitrogens is 1. The van der Waals surface area contributed by atoms with Gasteiger partial charge in [0.1, 0.15) is 0 Å². The molecule has 1 aromatic heterocycles. The number of pyridine rings is 1. The van der Waals surface area contributed by atoms with Crippen LogP contribution in [0.1, 0.15) is 35.7 Å². The van der Waals surface area contributed by atoms with Crippen molar-refractivity contribution in [1.82, 2.24) is 20.1 Å². The first-order valence-corrected chi connectivity index (χ1v) is 12.7. The Hall–Kier alpha value is -3.92. The number of guanidine groups is 1. The third-order valence-corrected chi connectivity index (χ3v) is 7.22. The first-order valence-electron chi connectivity index (χ1n) is 12.7. The van der Waals surface area contributed by atoms with Gasteiger partial charge >= 0.3 is 6.09 Å². The number of aliphatic imine (C=N–C) groups is 1. The van der Waals surface area contributed by atoms with Crippen molar-refractivity contribution in [3.05, 3.63) is 59.8 Å². The maximum absolute atomic E-state index is 12.9. The Kier molecular flexibility index (Phi) is 7.09. The van der Waals surface area contributed by atoms with Crippen LogP contribution in [-0.2, 0) is 4.74 Å². The lowest BCUT2D eigenvalue weighted by molar-refractivity contribution is 0.0752. The highest BCUT2D eigenvalue weighted by Gasteiger charge is 2.44. The number of ether oxygens (including phenoxy) is 1. The van der Waals surface area contributed by atoms with Crippen LogP contribution in [0.5, 0.6) is 0 Å². The SMILES string of the molecule is CCOC(=O)N1CC=C(c2cccnc2N=C(N)Nc2ccc(C(=O)N3CCC4(CNC4)C3)cc2)CC1. The summed E-state index contributed by atoms with van der Waals surface area (Å²) in [5.74, 6) is 0.767. The van der Waals surface area contributed by atoms with Crippen molar-refractivity contribution < 1.29 is 14.3 Å². The van der Waals surface area contributed by atoms with E-state index >= 15 is 0 Å². The van der Waals surface area contributed by atoms with Crippen LogP contribution in [0, 0.1) is 5.41 Å². The minimum absolute atomic E-state index is 0.0670. The summed E-state index contributed by atoms with van der Waals surface area (Å²) in [7, 11) is 0. The molecule has 0 atom stereocenters. The second-order valence-corrected chi connectivity index (χ2v) is 9.78. The fourth-order valence-electron chi connectivity index (χ4n) is 5.08. The molecule has 3 aliphatic rings. The number of nitrogens with two attached hydrogens (primary N) is 1. The molecule has 0 bridgehead atoms. The Bertz CT molecular complexity index is 1220. The van der Waals surface area contributed by atoms with Crippen molar-refractivity contribution in [2.75, 3.05) is 51.2 Å². The largest absolute Gasteiger partial charge is 0.450 e. The van der Waals surface area contributed by atoms with E-state index in [0.717, 1.165) is 49.4 Å². The number of benzene rings is 1. The topological polar surface area (TPSA) is 125 Å². The molecule has 2 amide bonds. The number of nitrogens with one attached hydrogen (secondary N) is 2. The predicted octanol–water partition coefficient (Wildman–Crippen LogP) is 2.82. The van der Waals surface area contributed by atoms with Crippen LogP contribution >= 0.6 is 0 Å². The van der Waals surface area contributed by atoms with E-state index in [1.54, 1.807) is 18.0 Å². The van der Waals surface area contributed by atoms with Crippen LogP contribution in [0.15, 0.2) is 53.7 Å². The van der Waals surface area contributed by atoms with Gasteiger partial charge in [0, 0.05) is 67.7 Å². The molecule has 37 heavy (non-hydrogen) atoms. The maximum Gasteiger partial charge on any atom is 0.410 e. The third-order valence-electron chi connectivity index (χ3n) is 7.22. The molecule has 1 spiro atoms. The smallest absolute Gasteiger partial charge is 0.410 e. The zero-order valence-corrected chi connectivity index (χ0v) is 21.1. The Morgan fingerprint density at radius 3 is 2.65 bits per heavy atom. The Balaban J connectivity index is 1.23. The molecular weight excluding hydrogens is 470 g/mol. The summed E-state index contributed by atoms with van der Waals surface area (Å²) in [6, 6.07) is 11.1. The van der Waals surface area contributed by atoms with Gasteiger partial charge in [-0.05, 0) is 61.7 Å². The molecule has 2 saturated heterocycles. The summed E-state index contributed by atoms with van der Waals surface area (Å²) in [5.41, 5.74) is 9.82. The molecule has 2 fully saturated rings. The van der Waals surface area contributed by atoms with Crippen molar-refractivity contribution in [1.29, 1.82) is 0 Å². The zero-order valence-electron chi connectivity index (χ0n) is 21.1. The highest BCUT2D eigenvalue weighted by Crippen LogP contribution is 2.34. The van der Waals surface area contributed by atoms with Gasteiger partial charge in [-0.2, -0.15) is 4.99 Å². The molecule has 4 N–H and O–H groups in total. The number of nitrogens with zero attached hydrogens (tertiary/aromatic N) is 4. The van der Waals surface area contributed by atoms with Crippen LogP contribution in [-0.4, -0.2) is 78.6 Å². The molecule has 4 heterocycles. The minimum atomic E-state index is -0.302. The molecule has 10 heteroatoms. The van der Waals surface area contributed by atoms with Gasteiger partial charge in [-0.3, -0.25) is 4.79 Å². The average molecular weight is 504 g/mol. The van der Waals surface area contributed by atoms with Crippen LogP contribution in [0.3, 0.4) is 0 Å². The number of amides is 2. The molecule has 1 aromatic carbocycles. The number of carbonyl (C=O) groups is 2. The average Bonchev–Trinajstić information content (AvgIpc) is 3.36. The summed E-state index contributed by atoms with van der Waals surface area (Å²) in [6.45, 7) is 6.82. The first kappa shape index (κ1) is 24.8. The number of rotatable bonds is 5. The van der Waals surface area contributed by atoms with Gasteiger partial charge in [-0.15, -0.1) is 0 Å². The second-order valence-electron chi connectivity index (χ2n) is 9.78. The lowest BCUT2D eigenvalue weighted by atomic mass is 9.81. The number of anilines is 1. The van der Waals surface area contributed by atoms with Gasteiger partial charge in [-0.1, -0.05) is 6.08 Å². The number of likely N-dealkylation sites (tertiary alicyclic amines) is 1. The van der Waals surface area contributed by atoms with E-state index in [4.69, 9.17) is 10.5 Å². The van der Waals surface area contributed by atoms with Gasteiger partial charge in [0.05, 0.1) is 6.61 Å². The quantitative estimate of drug-likeness (QED) is 0.423. The van der Waals surface area contributed by atoms with Crippen LogP contribution in [0.25, 0.3) is 5.57 Å². The van der Waals surface area contributed by atoms with Crippen molar-refractivity contribution in [3.63, 3.8) is 0 Å². The minimum Gasteiger partial charge on any atom is -0.450 e. The molecule has 5 rings (SSSR count). The molecular formula is C27H33N7O3. The van der Waals surface area contributed by atoms with Gasteiger partial charge in [0.25, 0.3) is 5.91 Å². The molecule has 0 aliphatic carbocycles. The van der Waals surface area contributed by atoms with Crippen LogP contribution < -0.4 is 16.4 Å². The van der Waals surface area contributed by atoms with Crippen LogP contribution in [0.4, 0.5) is 16.3 Å². The molecule has 0 unspecified atom stereocenters. The summed E-state index contributed by atoms with van der Waals surface area (Å²) >= 11 is 0. The van der Waals surface area contributed by atoms with Gasteiger partial charge < -0.3 is 30.9 Å². The number of hydrogen-bond donors (Lipinski definition) is 3. The molecule has 10 nitrogen and oxygen atoms in total. The van der Waals surface area contributed by atoms with Crippen LogP contribution in [0.2, 0.25) is 0 Å². The molecule has 194 valence electrons. The first-order chi connectivity index (χ1) is 18.0. The summed E-state index contributed by atoms with van der Waals surface area (Å²) < 4.78 is 5.09. The Morgan fingerprint density at radius 2 is 2.00 bits per heavy atom.